The van der Waals surface area contributed by atoms with Crippen molar-refractivity contribution in [2.75, 3.05) is 188 Å². The van der Waals surface area contributed by atoms with Gasteiger partial charge in [0.05, 0.1) is 171 Å². The van der Waals surface area contributed by atoms with Crippen LogP contribution in [0.1, 0.15) is 94.8 Å². The number of thiazole rings is 1. The number of benzene rings is 3. The molecule has 0 radical (unpaired) electrons. The van der Waals surface area contributed by atoms with Crippen LogP contribution in [-0.4, -0.2) is 273 Å². The molecule has 7 atom stereocenters. The van der Waals surface area contributed by atoms with Gasteiger partial charge in [0.25, 0.3) is 0 Å². The van der Waals surface area contributed by atoms with Gasteiger partial charge in [-0.15, -0.1) is 11.3 Å². The highest BCUT2D eigenvalue weighted by Gasteiger charge is 2.45. The minimum atomic E-state index is -0.969. The number of anilines is 2. The summed E-state index contributed by atoms with van der Waals surface area (Å²) in [6, 6.07) is 22.9. The summed E-state index contributed by atoms with van der Waals surface area (Å²) in [7, 11) is 2.08. The molecule has 3 N–H and O–H groups in total. The number of aryl methyl sites for hydroxylation is 1. The SMILES string of the molecule is C=CC(=O)N1CCN(c2nc(OC[C@@H]3C[C@@H](OCCOCCOCCOCCOCCOCCOCCCCCOCCOCCOCC(=O)N[C@H](C(=O)N4C[C@H](O)C[C@H]4C(=O)N[C@@H](C)c4ccc(-c5scnc5C)cc4)C(C)(C)C)CN3C)nc3c2CCN(c2cccc4ccccc24)C3)C[C@@H]1CC#N. The minimum absolute atomic E-state index is 0.0212. The molecule has 3 aromatic carbocycles. The second kappa shape index (κ2) is 43.6. The van der Waals surface area contributed by atoms with E-state index in [4.69, 9.17) is 62.1 Å². The number of aliphatic hydroxyl groups is 1. The van der Waals surface area contributed by atoms with Gasteiger partial charge < -0.3 is 87.4 Å². The van der Waals surface area contributed by atoms with E-state index in [1.807, 2.05) is 64.4 Å². The highest BCUT2D eigenvalue weighted by atomic mass is 32.1. The predicted molar refractivity (Wildman–Crippen MR) is 403 cm³/mol. The third-order valence-electron chi connectivity index (χ3n) is 19.3. The molecule has 0 spiro atoms. The van der Waals surface area contributed by atoms with Crippen LogP contribution in [0.25, 0.3) is 21.2 Å². The van der Waals surface area contributed by atoms with Crippen molar-refractivity contribution in [1.29, 1.82) is 5.26 Å². The summed E-state index contributed by atoms with van der Waals surface area (Å²) in [4.78, 5) is 79.1. The van der Waals surface area contributed by atoms with Gasteiger partial charge in [-0.2, -0.15) is 15.2 Å². The Morgan fingerprint density at radius 1 is 0.708 bits per heavy atom. The second-order valence-corrected chi connectivity index (χ2v) is 29.0. The van der Waals surface area contributed by atoms with Gasteiger partial charge >= 0.3 is 6.01 Å². The van der Waals surface area contributed by atoms with E-state index in [9.17, 15) is 29.5 Å². The number of aromatic nitrogens is 3. The van der Waals surface area contributed by atoms with Crippen LogP contribution in [0.2, 0.25) is 0 Å². The van der Waals surface area contributed by atoms with Gasteiger partial charge in [-0.05, 0) is 87.1 Å². The lowest BCUT2D eigenvalue weighted by Crippen LogP contribution is -2.58. The molecule has 0 saturated carbocycles. The standard InChI is InChI=1S/C78H111N11O16S/c1-8-71(92)88-28-27-87(49-61(88)23-25-79)74-66-24-26-86(68-18-14-16-59-15-10-11-17-65(59)68)52-67(66)82-77(84-74)105-53-62-47-64(51-85(62)7)104-46-45-102-42-41-100-40-39-99-38-37-98-36-35-97-33-31-95-29-12-9-13-30-96-32-34-101-43-44-103-54-70(91)83-73(78(4,5)6)76(94)89-50-63(90)48-69(89)75(93)81-56(2)58-19-21-60(22-20-58)72-57(3)80-55-106-72/h8,10-11,14-22,55-56,61-64,69,73,90H,1,9,12-13,23-24,26-54H2,2-7H3,(H,81,93)(H,83,91)/t56-,61-,62-,63+,64+,69-,73+/m0/s1. The summed E-state index contributed by atoms with van der Waals surface area (Å²) in [6.07, 6.45) is 5.08. The van der Waals surface area contributed by atoms with Gasteiger partial charge in [-0.3, -0.25) is 24.1 Å². The van der Waals surface area contributed by atoms with Crippen molar-refractivity contribution in [3.63, 3.8) is 0 Å². The van der Waals surface area contributed by atoms with Crippen LogP contribution in [0, 0.1) is 23.7 Å². The average Bonchev–Trinajstić information content (AvgIpc) is 0.963. The predicted octanol–water partition coefficient (Wildman–Crippen LogP) is 6.90. The number of aliphatic hydroxyl groups excluding tert-OH is 1. The summed E-state index contributed by atoms with van der Waals surface area (Å²) in [6.45, 7) is 24.9. The van der Waals surface area contributed by atoms with Crippen LogP contribution < -0.4 is 25.2 Å². The zero-order chi connectivity index (χ0) is 75.1. The molecule has 0 unspecified atom stereocenters. The van der Waals surface area contributed by atoms with Crippen molar-refractivity contribution in [2.24, 2.45) is 5.41 Å². The number of β-amino-alcohol motifs (C(OH)–C–C–N with tert-alkyl or cyclic N) is 1. The Bertz CT molecular complexity index is 3570. The number of carbonyl (C=O) groups excluding carboxylic acids is 4. The van der Waals surface area contributed by atoms with Crippen molar-refractivity contribution < 1.29 is 76.4 Å². The average molecular weight is 1490 g/mol. The zero-order valence-electron chi connectivity index (χ0n) is 62.8. The van der Waals surface area contributed by atoms with Crippen molar-refractivity contribution in [1.82, 2.24) is 40.3 Å². The number of hydrogen-bond donors (Lipinski definition) is 3. The molecule has 27 nitrogen and oxygen atoms in total. The van der Waals surface area contributed by atoms with Crippen molar-refractivity contribution in [3.8, 4) is 22.5 Å². The normalized spacial score (nSPS) is 18.9. The first-order chi connectivity index (χ1) is 51.5. The highest BCUT2D eigenvalue weighted by Crippen LogP contribution is 2.36. The second-order valence-electron chi connectivity index (χ2n) is 28.1. The monoisotopic (exact) mass is 1490 g/mol. The molecule has 0 bridgehead atoms. The Balaban J connectivity index is 0.520. The van der Waals surface area contributed by atoms with E-state index in [1.165, 1.54) is 21.7 Å². The minimum Gasteiger partial charge on any atom is -0.462 e. The number of likely N-dealkylation sites (tertiary alicyclic amines) is 2. The number of rotatable bonds is 46. The molecule has 4 aliphatic heterocycles. The summed E-state index contributed by atoms with van der Waals surface area (Å²) >= 11 is 1.57. The molecule has 2 aromatic heterocycles. The molecule has 3 saturated heterocycles. The third-order valence-corrected chi connectivity index (χ3v) is 20.3. The number of carbonyl (C=O) groups is 4. The van der Waals surface area contributed by atoms with E-state index in [-0.39, 0.29) is 75.3 Å². The van der Waals surface area contributed by atoms with E-state index in [0.717, 1.165) is 89.7 Å². The molecule has 106 heavy (non-hydrogen) atoms. The summed E-state index contributed by atoms with van der Waals surface area (Å²) < 4.78 is 63.7. The summed E-state index contributed by atoms with van der Waals surface area (Å²) in [5.74, 6) is -0.653. The molecule has 9 rings (SSSR count). The molecule has 4 aliphatic rings. The molecular formula is C78H111N11O16S. The maximum atomic E-state index is 14.1. The third kappa shape index (κ3) is 25.4. The van der Waals surface area contributed by atoms with Gasteiger partial charge in [0, 0.05) is 81.6 Å². The molecular weight excluding hydrogens is 1380 g/mol. The largest absolute Gasteiger partial charge is 0.462 e. The van der Waals surface area contributed by atoms with Gasteiger partial charge in [0.15, 0.2) is 0 Å². The molecule has 580 valence electrons. The summed E-state index contributed by atoms with van der Waals surface area (Å²) in [5, 5.41) is 28.6. The van der Waals surface area contributed by atoms with Crippen molar-refractivity contribution >= 4 is 57.2 Å². The fraction of sp³-hybridized carbons (Fsp3) is 0.615. The number of ether oxygens (including phenoxy) is 11. The highest BCUT2D eigenvalue weighted by molar-refractivity contribution is 7.13. The van der Waals surface area contributed by atoms with Crippen LogP contribution in [0.15, 0.2) is 84.9 Å². The van der Waals surface area contributed by atoms with Gasteiger partial charge in [-0.25, -0.2) is 4.98 Å². The number of piperazine rings is 1. The number of unbranched alkanes of at least 4 members (excludes halogenated alkanes) is 2. The fourth-order valence-corrected chi connectivity index (χ4v) is 14.3. The Morgan fingerprint density at radius 2 is 1.33 bits per heavy atom. The quantitative estimate of drug-likeness (QED) is 0.0264. The van der Waals surface area contributed by atoms with Crippen LogP contribution in [0.4, 0.5) is 11.5 Å². The fourth-order valence-electron chi connectivity index (χ4n) is 13.5. The summed E-state index contributed by atoms with van der Waals surface area (Å²) in [5.41, 5.74) is 7.16. The number of hydrogen-bond acceptors (Lipinski definition) is 24. The molecule has 6 heterocycles. The molecule has 0 aliphatic carbocycles. The number of nitrogens with zero attached hydrogens (tertiary/aromatic N) is 9. The van der Waals surface area contributed by atoms with Gasteiger partial charge in [0.2, 0.25) is 23.6 Å². The number of amides is 4. The lowest BCUT2D eigenvalue weighted by Gasteiger charge is -2.42. The van der Waals surface area contributed by atoms with Gasteiger partial charge in [-0.1, -0.05) is 88.0 Å². The van der Waals surface area contributed by atoms with Crippen LogP contribution in [0.5, 0.6) is 6.01 Å². The van der Waals surface area contributed by atoms with Crippen LogP contribution in [0.3, 0.4) is 0 Å². The molecule has 4 amide bonds. The Hall–Kier alpha value is -7.34. The van der Waals surface area contributed by atoms with Gasteiger partial charge in [0.1, 0.15) is 31.1 Å². The first kappa shape index (κ1) is 82.7. The molecule has 28 heteroatoms. The number of likely N-dealkylation sites (N-methyl/N-ethyl adjacent to an activating group) is 1. The Labute approximate surface area is 628 Å². The number of nitriles is 1. The number of nitrogens with one attached hydrogen (secondary N) is 2. The van der Waals surface area contributed by atoms with Crippen LogP contribution >= 0.6 is 11.3 Å². The zero-order valence-corrected chi connectivity index (χ0v) is 63.6. The topological polar surface area (TPSA) is 293 Å². The maximum absolute atomic E-state index is 14.1. The molecule has 5 aromatic rings. The lowest BCUT2D eigenvalue weighted by molar-refractivity contribution is -0.144. The first-order valence-corrected chi connectivity index (χ1v) is 38.3. The first-order valence-electron chi connectivity index (χ1n) is 37.4. The molecule has 3 fully saturated rings. The maximum Gasteiger partial charge on any atom is 0.318 e. The Morgan fingerprint density at radius 3 is 1.95 bits per heavy atom. The van der Waals surface area contributed by atoms with E-state index < -0.39 is 35.4 Å². The van der Waals surface area contributed by atoms with E-state index in [0.29, 0.717) is 145 Å². The van der Waals surface area contributed by atoms with Crippen LogP contribution in [-0.2, 0) is 79.5 Å². The lowest BCUT2D eigenvalue weighted by atomic mass is 9.85. The van der Waals surface area contributed by atoms with E-state index in [2.05, 4.69) is 92.5 Å². The van der Waals surface area contributed by atoms with E-state index >= 15 is 0 Å². The Kier molecular flexibility index (Phi) is 34.0. The van der Waals surface area contributed by atoms with E-state index in [1.54, 1.807) is 16.2 Å². The van der Waals surface area contributed by atoms with Crippen molar-refractivity contribution in [3.05, 3.63) is 107 Å². The number of fused-ring (bicyclic) bond motifs is 2. The van der Waals surface area contributed by atoms with Crippen molar-refractivity contribution in [2.45, 2.75) is 129 Å². The smallest absolute Gasteiger partial charge is 0.318 e.